The van der Waals surface area contributed by atoms with Crippen LogP contribution in [-0.2, 0) is 6.42 Å². The molecule has 15 heavy (non-hydrogen) atoms. The van der Waals surface area contributed by atoms with Gasteiger partial charge in [-0.2, -0.15) is 11.8 Å². The molecule has 0 bridgehead atoms. The third-order valence-corrected chi connectivity index (χ3v) is 3.63. The van der Waals surface area contributed by atoms with Crippen molar-refractivity contribution >= 4 is 23.4 Å². The number of aliphatic hydroxyl groups is 1. The molecule has 1 heterocycles. The minimum atomic E-state index is -0.318. The van der Waals surface area contributed by atoms with Gasteiger partial charge in [-0.25, -0.2) is 0 Å². The first-order chi connectivity index (χ1) is 7.24. The van der Waals surface area contributed by atoms with Crippen LogP contribution in [0.15, 0.2) is 18.5 Å². The molecule has 0 aliphatic heterocycles. The molecule has 1 aromatic rings. The number of aliphatic hydroxyl groups excluding tert-OH is 1. The van der Waals surface area contributed by atoms with Crippen LogP contribution >= 0.6 is 23.4 Å². The lowest BCUT2D eigenvalue weighted by molar-refractivity contribution is 0.200. The van der Waals surface area contributed by atoms with Crippen LogP contribution in [0.4, 0.5) is 0 Å². The summed E-state index contributed by atoms with van der Waals surface area (Å²) in [6.07, 6.45) is 4.75. The Morgan fingerprint density at radius 1 is 1.60 bits per heavy atom. The van der Waals surface area contributed by atoms with Gasteiger partial charge in [-0.05, 0) is 23.8 Å². The predicted molar refractivity (Wildman–Crippen MR) is 66.6 cm³/mol. The molecule has 1 atom stereocenters. The molecule has 0 aliphatic carbocycles. The summed E-state index contributed by atoms with van der Waals surface area (Å²) in [5.74, 6) is 1.87. The van der Waals surface area contributed by atoms with Gasteiger partial charge in [-0.1, -0.05) is 18.5 Å². The maximum absolute atomic E-state index is 9.75. The number of hydrogen-bond acceptors (Lipinski definition) is 3. The highest BCUT2D eigenvalue weighted by Gasteiger charge is 2.08. The Balaban J connectivity index is 2.37. The fraction of sp³-hybridized carbons (Fsp3) is 0.545. The lowest BCUT2D eigenvalue weighted by atomic mass is 10.1. The second-order valence-electron chi connectivity index (χ2n) is 3.40. The van der Waals surface area contributed by atoms with E-state index in [-0.39, 0.29) is 6.10 Å². The summed E-state index contributed by atoms with van der Waals surface area (Å²) in [5, 5.41) is 10.4. The van der Waals surface area contributed by atoms with Crippen LogP contribution in [-0.4, -0.2) is 27.7 Å². The van der Waals surface area contributed by atoms with Crippen molar-refractivity contribution in [3.63, 3.8) is 0 Å². The van der Waals surface area contributed by atoms with E-state index in [0.29, 0.717) is 11.4 Å². The molecular weight excluding hydrogens is 230 g/mol. The molecule has 0 aromatic carbocycles. The molecule has 0 saturated carbocycles. The Kier molecular flexibility index (Phi) is 6.06. The predicted octanol–water partition coefficient (Wildman–Crippen LogP) is 2.78. The van der Waals surface area contributed by atoms with Gasteiger partial charge in [0.15, 0.2) is 0 Å². The summed E-state index contributed by atoms with van der Waals surface area (Å²) >= 11 is 7.73. The Morgan fingerprint density at radius 3 is 3.07 bits per heavy atom. The number of thioether (sulfide) groups is 1. The van der Waals surface area contributed by atoms with Gasteiger partial charge in [0.05, 0.1) is 11.1 Å². The van der Waals surface area contributed by atoms with E-state index in [2.05, 4.69) is 11.9 Å². The third-order valence-electron chi connectivity index (χ3n) is 1.97. The number of rotatable bonds is 6. The molecule has 0 radical (unpaired) electrons. The normalized spacial score (nSPS) is 12.7. The summed E-state index contributed by atoms with van der Waals surface area (Å²) in [4.78, 5) is 3.91. The first-order valence-corrected chi connectivity index (χ1v) is 6.61. The lowest BCUT2D eigenvalue weighted by Crippen LogP contribution is -2.14. The van der Waals surface area contributed by atoms with Gasteiger partial charge in [0.25, 0.3) is 0 Å². The second kappa shape index (κ2) is 7.09. The van der Waals surface area contributed by atoms with Crippen LogP contribution in [0, 0.1) is 0 Å². The summed E-state index contributed by atoms with van der Waals surface area (Å²) in [6, 6.07) is 1.86. The molecule has 2 nitrogen and oxygen atoms in total. The largest absolute Gasteiger partial charge is 0.392 e. The molecule has 0 fully saturated rings. The van der Waals surface area contributed by atoms with Crippen molar-refractivity contribution in [2.45, 2.75) is 25.9 Å². The van der Waals surface area contributed by atoms with Crippen molar-refractivity contribution in [1.29, 1.82) is 0 Å². The van der Waals surface area contributed by atoms with Gasteiger partial charge in [-0.15, -0.1) is 0 Å². The summed E-state index contributed by atoms with van der Waals surface area (Å²) in [7, 11) is 0. The van der Waals surface area contributed by atoms with Crippen LogP contribution in [0.3, 0.4) is 0 Å². The fourth-order valence-electron chi connectivity index (χ4n) is 1.25. The average Bonchev–Trinajstić information content (AvgIpc) is 2.22. The van der Waals surface area contributed by atoms with E-state index in [1.54, 1.807) is 24.2 Å². The van der Waals surface area contributed by atoms with E-state index in [0.717, 1.165) is 23.5 Å². The molecular formula is C11H16ClNOS. The van der Waals surface area contributed by atoms with Crippen molar-refractivity contribution in [1.82, 2.24) is 4.98 Å². The molecule has 84 valence electrons. The van der Waals surface area contributed by atoms with Crippen LogP contribution in [0.2, 0.25) is 5.02 Å². The quantitative estimate of drug-likeness (QED) is 0.783. The number of aromatic nitrogens is 1. The molecule has 1 aromatic heterocycles. The molecule has 1 N–H and O–H groups in total. The molecule has 0 spiro atoms. The Labute approximate surface area is 100 Å². The SMILES string of the molecule is CCCSCC(O)Cc1ccncc1Cl. The minimum absolute atomic E-state index is 0.318. The third kappa shape index (κ3) is 4.87. The second-order valence-corrected chi connectivity index (χ2v) is 4.96. The maximum atomic E-state index is 9.75. The van der Waals surface area contributed by atoms with Crippen LogP contribution < -0.4 is 0 Å². The highest BCUT2D eigenvalue weighted by atomic mass is 35.5. The standard InChI is InChI=1S/C11H16ClNOS/c1-2-5-15-8-10(14)6-9-3-4-13-7-11(9)12/h3-4,7,10,14H,2,5-6,8H2,1H3. The van der Waals surface area contributed by atoms with E-state index in [4.69, 9.17) is 11.6 Å². The minimum Gasteiger partial charge on any atom is -0.392 e. The Bertz CT molecular complexity index is 296. The van der Waals surface area contributed by atoms with Gasteiger partial charge >= 0.3 is 0 Å². The number of nitrogens with zero attached hydrogens (tertiary/aromatic N) is 1. The molecule has 0 amide bonds. The van der Waals surface area contributed by atoms with Gasteiger partial charge in [0.1, 0.15) is 0 Å². The first-order valence-electron chi connectivity index (χ1n) is 5.08. The summed E-state index contributed by atoms with van der Waals surface area (Å²) in [5.41, 5.74) is 0.969. The Hall–Kier alpha value is -0.250. The molecule has 0 aliphatic rings. The van der Waals surface area contributed by atoms with Crippen molar-refractivity contribution < 1.29 is 5.11 Å². The van der Waals surface area contributed by atoms with Crippen LogP contribution in [0.1, 0.15) is 18.9 Å². The number of hydrogen-bond donors (Lipinski definition) is 1. The fourth-order valence-corrected chi connectivity index (χ4v) is 2.29. The average molecular weight is 246 g/mol. The molecule has 0 saturated heterocycles. The number of pyridine rings is 1. The molecule has 4 heteroatoms. The van der Waals surface area contributed by atoms with Gasteiger partial charge in [-0.3, -0.25) is 4.98 Å². The van der Waals surface area contributed by atoms with E-state index < -0.39 is 0 Å². The maximum Gasteiger partial charge on any atom is 0.0671 e. The van der Waals surface area contributed by atoms with Gasteiger partial charge < -0.3 is 5.11 Å². The zero-order valence-electron chi connectivity index (χ0n) is 8.82. The van der Waals surface area contributed by atoms with E-state index in [1.165, 1.54) is 0 Å². The lowest BCUT2D eigenvalue weighted by Gasteiger charge is -2.10. The number of halogens is 1. The van der Waals surface area contributed by atoms with Gasteiger partial charge in [0.2, 0.25) is 0 Å². The van der Waals surface area contributed by atoms with Crippen LogP contribution in [0.5, 0.6) is 0 Å². The monoisotopic (exact) mass is 245 g/mol. The summed E-state index contributed by atoms with van der Waals surface area (Å²) < 4.78 is 0. The van der Waals surface area contributed by atoms with E-state index in [9.17, 15) is 5.11 Å². The van der Waals surface area contributed by atoms with E-state index in [1.807, 2.05) is 6.07 Å². The summed E-state index contributed by atoms with van der Waals surface area (Å²) in [6.45, 7) is 2.14. The Morgan fingerprint density at radius 2 is 2.40 bits per heavy atom. The van der Waals surface area contributed by atoms with Gasteiger partial charge in [0, 0.05) is 24.6 Å². The van der Waals surface area contributed by atoms with Crippen molar-refractivity contribution in [2.75, 3.05) is 11.5 Å². The highest BCUT2D eigenvalue weighted by Crippen LogP contribution is 2.17. The zero-order valence-corrected chi connectivity index (χ0v) is 10.4. The van der Waals surface area contributed by atoms with Crippen molar-refractivity contribution in [2.24, 2.45) is 0 Å². The topological polar surface area (TPSA) is 33.1 Å². The zero-order chi connectivity index (χ0) is 11.1. The molecule has 1 unspecified atom stereocenters. The first kappa shape index (κ1) is 12.8. The van der Waals surface area contributed by atoms with Crippen molar-refractivity contribution in [3.05, 3.63) is 29.0 Å². The van der Waals surface area contributed by atoms with E-state index >= 15 is 0 Å². The smallest absolute Gasteiger partial charge is 0.0671 e. The highest BCUT2D eigenvalue weighted by molar-refractivity contribution is 7.99. The van der Waals surface area contributed by atoms with Crippen LogP contribution in [0.25, 0.3) is 0 Å². The molecule has 1 rings (SSSR count). The van der Waals surface area contributed by atoms with Crippen molar-refractivity contribution in [3.8, 4) is 0 Å².